The van der Waals surface area contributed by atoms with Crippen LogP contribution in [0.2, 0.25) is 0 Å². The van der Waals surface area contributed by atoms with Crippen LogP contribution in [0.1, 0.15) is 47.5 Å². The van der Waals surface area contributed by atoms with Gasteiger partial charge < -0.3 is 20.4 Å². The lowest BCUT2D eigenvalue weighted by Gasteiger charge is -2.65. The van der Waals surface area contributed by atoms with Crippen molar-refractivity contribution in [2.45, 2.75) is 47.5 Å². The Labute approximate surface area is 151 Å². The molecule has 8 nitrogen and oxygen atoms in total. The predicted octanol–water partition coefficient (Wildman–Crippen LogP) is 2.03. The van der Waals surface area contributed by atoms with Crippen LogP contribution in [0.15, 0.2) is 0 Å². The van der Waals surface area contributed by atoms with Crippen molar-refractivity contribution in [3.63, 3.8) is 0 Å². The summed E-state index contributed by atoms with van der Waals surface area (Å²) in [7, 11) is 0. The summed E-state index contributed by atoms with van der Waals surface area (Å²) in [5, 5.41) is 38.4. The lowest BCUT2D eigenvalue weighted by Crippen LogP contribution is -2.70. The minimum atomic E-state index is -1.55. The molecule has 2 aliphatic carbocycles. The van der Waals surface area contributed by atoms with Gasteiger partial charge in [-0.05, 0) is 58.3 Å². The Hall–Kier alpha value is -2.12. The van der Waals surface area contributed by atoms with Crippen LogP contribution < -0.4 is 0 Å². The highest BCUT2D eigenvalue weighted by Gasteiger charge is 2.75. The number of carboxylic acid groups (broad SMARTS) is 4. The van der Waals surface area contributed by atoms with Crippen LogP contribution in [-0.4, -0.2) is 44.3 Å². The summed E-state index contributed by atoms with van der Waals surface area (Å²) in [5.74, 6) is -6.42. The fourth-order valence-corrected chi connectivity index (χ4v) is 5.38. The Morgan fingerprint density at radius 1 is 0.692 bits per heavy atom. The monoisotopic (exact) mass is 370 g/mol. The highest BCUT2D eigenvalue weighted by atomic mass is 16.4. The van der Waals surface area contributed by atoms with Crippen molar-refractivity contribution in [1.29, 1.82) is 0 Å². The summed E-state index contributed by atoms with van der Waals surface area (Å²) < 4.78 is 0. The lowest BCUT2D eigenvalue weighted by molar-refractivity contribution is -0.233. The Balaban J connectivity index is 2.40. The summed E-state index contributed by atoms with van der Waals surface area (Å²) >= 11 is 0. The number of carboxylic acids is 4. The maximum Gasteiger partial charge on any atom is 0.310 e. The number of rotatable bonds is 6. The van der Waals surface area contributed by atoms with E-state index in [1.807, 2.05) is 0 Å². The molecule has 8 heteroatoms. The van der Waals surface area contributed by atoms with Crippen LogP contribution in [0, 0.1) is 39.4 Å². The third-order valence-corrected chi connectivity index (χ3v) is 8.13. The zero-order valence-corrected chi connectivity index (χ0v) is 15.6. The van der Waals surface area contributed by atoms with Gasteiger partial charge in [0.1, 0.15) is 0 Å². The molecular formula is C18H26O8. The summed E-state index contributed by atoms with van der Waals surface area (Å²) in [4.78, 5) is 47.1. The number of hydrogen-bond acceptors (Lipinski definition) is 4. The van der Waals surface area contributed by atoms with Crippen LogP contribution >= 0.6 is 0 Å². The molecular weight excluding hydrogens is 344 g/mol. The Kier molecular flexibility index (Phi) is 4.22. The zero-order valence-electron chi connectivity index (χ0n) is 15.6. The van der Waals surface area contributed by atoms with Crippen LogP contribution in [0.5, 0.6) is 0 Å². The standard InChI is InChI=1S/C18H26O8/c1-8(9-6-15(2,11(19)20)17(9,4)13(23)24)10-7-16(3,12(21)22)18(10,5)14(25)26/h8-10H,6-7H2,1-5H3,(H,19,20)(H,21,22)(H,23,24)(H,25,26). The fraction of sp³-hybridized carbons (Fsp3) is 0.778. The van der Waals surface area contributed by atoms with E-state index in [0.29, 0.717) is 0 Å². The molecule has 0 aliphatic heterocycles. The molecule has 0 heterocycles. The molecule has 0 aromatic heterocycles. The van der Waals surface area contributed by atoms with Crippen molar-refractivity contribution in [3.8, 4) is 0 Å². The van der Waals surface area contributed by atoms with Gasteiger partial charge in [-0.15, -0.1) is 0 Å². The van der Waals surface area contributed by atoms with E-state index in [1.165, 1.54) is 27.7 Å². The summed E-state index contributed by atoms with van der Waals surface area (Å²) in [5.41, 5.74) is -5.99. The average Bonchev–Trinajstić information content (AvgIpc) is 2.53. The summed E-state index contributed by atoms with van der Waals surface area (Å²) in [6.07, 6.45) is 0.227. The van der Waals surface area contributed by atoms with Gasteiger partial charge >= 0.3 is 23.9 Å². The molecule has 0 radical (unpaired) electrons. The second-order valence-electron chi connectivity index (χ2n) is 8.77. The third kappa shape index (κ3) is 1.95. The van der Waals surface area contributed by atoms with Gasteiger partial charge in [-0.2, -0.15) is 0 Å². The quantitative estimate of drug-likeness (QED) is 0.555. The highest BCUT2D eigenvalue weighted by molar-refractivity contribution is 5.90. The summed E-state index contributed by atoms with van der Waals surface area (Å²) in [6.45, 7) is 7.28. The van der Waals surface area contributed by atoms with Gasteiger partial charge in [0.2, 0.25) is 0 Å². The minimum absolute atomic E-state index is 0.113. The fourth-order valence-electron chi connectivity index (χ4n) is 5.38. The molecule has 2 fully saturated rings. The molecule has 0 saturated heterocycles. The lowest BCUT2D eigenvalue weighted by atomic mass is 9.36. The molecule has 0 aromatic carbocycles. The number of carbonyl (C=O) groups is 4. The van der Waals surface area contributed by atoms with E-state index in [4.69, 9.17) is 0 Å². The molecule has 2 rings (SSSR count). The molecule has 146 valence electrons. The van der Waals surface area contributed by atoms with Crippen LogP contribution in [0.4, 0.5) is 0 Å². The van der Waals surface area contributed by atoms with Gasteiger partial charge in [-0.3, -0.25) is 19.2 Å². The molecule has 2 saturated carbocycles. The van der Waals surface area contributed by atoms with Crippen molar-refractivity contribution in [3.05, 3.63) is 0 Å². The first kappa shape index (κ1) is 20.2. The molecule has 0 amide bonds. The molecule has 0 aromatic rings. The minimum Gasteiger partial charge on any atom is -0.481 e. The maximum atomic E-state index is 11.9. The normalized spacial score (nSPS) is 45.7. The highest BCUT2D eigenvalue weighted by Crippen LogP contribution is 2.70. The van der Waals surface area contributed by atoms with Crippen LogP contribution in [0.3, 0.4) is 0 Å². The molecule has 26 heavy (non-hydrogen) atoms. The number of aliphatic carboxylic acids is 4. The van der Waals surface area contributed by atoms with Gasteiger partial charge in [-0.25, -0.2) is 0 Å². The van der Waals surface area contributed by atoms with E-state index in [1.54, 1.807) is 6.92 Å². The van der Waals surface area contributed by atoms with Crippen LogP contribution in [0.25, 0.3) is 0 Å². The Bertz CT molecular complexity index is 643. The van der Waals surface area contributed by atoms with E-state index < -0.39 is 63.3 Å². The SMILES string of the molecule is CC(C1CC(C)(C(=O)O)C1(C)C(=O)O)C1CC(C)(C(=O)O)C1(C)C(=O)O. The smallest absolute Gasteiger partial charge is 0.310 e. The summed E-state index contributed by atoms with van der Waals surface area (Å²) in [6, 6.07) is 0. The topological polar surface area (TPSA) is 149 Å². The second-order valence-corrected chi connectivity index (χ2v) is 8.77. The largest absolute Gasteiger partial charge is 0.481 e. The number of hydrogen-bond donors (Lipinski definition) is 4. The first-order valence-electron chi connectivity index (χ1n) is 8.56. The predicted molar refractivity (Wildman–Crippen MR) is 88.3 cm³/mol. The molecule has 4 N–H and O–H groups in total. The molecule has 0 bridgehead atoms. The van der Waals surface area contributed by atoms with Crippen molar-refractivity contribution >= 4 is 23.9 Å². The van der Waals surface area contributed by atoms with Crippen molar-refractivity contribution in [2.75, 3.05) is 0 Å². The Morgan fingerprint density at radius 2 is 0.962 bits per heavy atom. The third-order valence-electron chi connectivity index (χ3n) is 8.13. The Morgan fingerprint density at radius 3 is 1.15 bits per heavy atom. The molecule has 2 aliphatic rings. The van der Waals surface area contributed by atoms with Crippen LogP contribution in [-0.2, 0) is 19.2 Å². The van der Waals surface area contributed by atoms with Gasteiger partial charge in [0.25, 0.3) is 0 Å². The molecule has 0 spiro atoms. The first-order valence-corrected chi connectivity index (χ1v) is 8.56. The van der Waals surface area contributed by atoms with E-state index in [9.17, 15) is 39.6 Å². The first-order chi connectivity index (χ1) is 11.6. The molecule has 6 atom stereocenters. The van der Waals surface area contributed by atoms with E-state index in [2.05, 4.69) is 0 Å². The maximum absolute atomic E-state index is 11.9. The van der Waals surface area contributed by atoms with Crippen molar-refractivity contribution in [2.24, 2.45) is 39.4 Å². The second kappa shape index (κ2) is 5.44. The van der Waals surface area contributed by atoms with Crippen molar-refractivity contribution < 1.29 is 39.6 Å². The zero-order chi connectivity index (χ0) is 20.5. The van der Waals surface area contributed by atoms with Gasteiger partial charge in [0, 0.05) is 0 Å². The molecule has 6 unspecified atom stereocenters. The van der Waals surface area contributed by atoms with Gasteiger partial charge in [0.15, 0.2) is 0 Å². The van der Waals surface area contributed by atoms with E-state index in [-0.39, 0.29) is 12.8 Å². The van der Waals surface area contributed by atoms with E-state index >= 15 is 0 Å². The van der Waals surface area contributed by atoms with Gasteiger partial charge in [-0.1, -0.05) is 6.92 Å². The van der Waals surface area contributed by atoms with Crippen molar-refractivity contribution in [1.82, 2.24) is 0 Å². The average molecular weight is 370 g/mol. The van der Waals surface area contributed by atoms with E-state index in [0.717, 1.165) is 0 Å². The van der Waals surface area contributed by atoms with Gasteiger partial charge in [0.05, 0.1) is 21.7 Å².